The van der Waals surface area contributed by atoms with Crippen molar-refractivity contribution in [3.8, 4) is 0 Å². The van der Waals surface area contributed by atoms with E-state index in [9.17, 15) is 9.59 Å². The summed E-state index contributed by atoms with van der Waals surface area (Å²) in [6.45, 7) is 6.17. The van der Waals surface area contributed by atoms with E-state index in [0.29, 0.717) is 23.7 Å². The summed E-state index contributed by atoms with van der Waals surface area (Å²) in [4.78, 5) is 28.5. The summed E-state index contributed by atoms with van der Waals surface area (Å²) in [5.74, 6) is 0.469. The second-order valence-corrected chi connectivity index (χ2v) is 9.72. The zero-order valence-corrected chi connectivity index (χ0v) is 20.7. The molecule has 0 heterocycles. The van der Waals surface area contributed by atoms with Crippen molar-refractivity contribution in [2.75, 3.05) is 5.75 Å². The molecule has 2 unspecified atom stereocenters. The molecule has 0 aliphatic carbocycles. The molecular formula is C23H28BrClN2O2S. The van der Waals surface area contributed by atoms with Crippen molar-refractivity contribution in [3.05, 3.63) is 63.6 Å². The van der Waals surface area contributed by atoms with E-state index in [1.54, 1.807) is 23.6 Å². The molecule has 2 rings (SSSR count). The van der Waals surface area contributed by atoms with Crippen molar-refractivity contribution in [1.29, 1.82) is 0 Å². The Morgan fingerprint density at radius 1 is 1.17 bits per heavy atom. The van der Waals surface area contributed by atoms with Gasteiger partial charge in [0.2, 0.25) is 11.8 Å². The Balaban J connectivity index is 2.07. The van der Waals surface area contributed by atoms with E-state index >= 15 is 0 Å². The summed E-state index contributed by atoms with van der Waals surface area (Å²) >= 11 is 11.0. The number of hydrogen-bond acceptors (Lipinski definition) is 3. The van der Waals surface area contributed by atoms with Crippen LogP contribution in [0.3, 0.4) is 0 Å². The van der Waals surface area contributed by atoms with Crippen LogP contribution in [0.2, 0.25) is 5.02 Å². The zero-order valence-electron chi connectivity index (χ0n) is 17.5. The summed E-state index contributed by atoms with van der Waals surface area (Å²) in [6, 6.07) is 14.9. The van der Waals surface area contributed by atoms with Gasteiger partial charge in [-0.05, 0) is 62.2 Å². The molecule has 2 aromatic rings. The predicted molar refractivity (Wildman–Crippen MR) is 129 cm³/mol. The van der Waals surface area contributed by atoms with E-state index in [4.69, 9.17) is 11.6 Å². The highest BCUT2D eigenvalue weighted by Gasteiger charge is 2.26. The van der Waals surface area contributed by atoms with E-state index in [0.717, 1.165) is 21.4 Å². The summed E-state index contributed by atoms with van der Waals surface area (Å²) in [5.41, 5.74) is 0.978. The number of hydrogen-bond donors (Lipinski definition) is 1. The summed E-state index contributed by atoms with van der Waals surface area (Å²) in [7, 11) is 0. The molecule has 0 aliphatic rings. The molecule has 162 valence electrons. The number of rotatable bonds is 10. The van der Waals surface area contributed by atoms with E-state index in [2.05, 4.69) is 21.2 Å². The molecule has 0 saturated heterocycles. The maximum Gasteiger partial charge on any atom is 0.242 e. The quantitative estimate of drug-likeness (QED) is 0.403. The third-order valence-electron chi connectivity index (χ3n) is 4.81. The first-order valence-electron chi connectivity index (χ1n) is 10.0. The molecule has 1 N–H and O–H groups in total. The van der Waals surface area contributed by atoms with Gasteiger partial charge in [-0.15, -0.1) is 11.8 Å². The number of carbonyl (C=O) groups is 2. The van der Waals surface area contributed by atoms with Gasteiger partial charge in [0.25, 0.3) is 0 Å². The van der Waals surface area contributed by atoms with Crippen molar-refractivity contribution < 1.29 is 9.59 Å². The van der Waals surface area contributed by atoms with Gasteiger partial charge in [0, 0.05) is 39.2 Å². The molecule has 2 atom stereocenters. The maximum atomic E-state index is 13.1. The number of nitrogens with zero attached hydrogens (tertiary/aromatic N) is 1. The summed E-state index contributed by atoms with van der Waals surface area (Å²) in [5, 5.41) is 3.68. The van der Waals surface area contributed by atoms with Gasteiger partial charge >= 0.3 is 0 Å². The largest absolute Gasteiger partial charge is 0.352 e. The molecule has 0 bridgehead atoms. The van der Waals surface area contributed by atoms with Crippen LogP contribution in [0.4, 0.5) is 0 Å². The van der Waals surface area contributed by atoms with Crippen LogP contribution in [0.15, 0.2) is 57.9 Å². The fourth-order valence-corrected chi connectivity index (χ4v) is 4.22. The molecule has 0 aliphatic heterocycles. The fourth-order valence-electron chi connectivity index (χ4n) is 2.81. The van der Waals surface area contributed by atoms with Gasteiger partial charge < -0.3 is 10.2 Å². The average Bonchev–Trinajstić information content (AvgIpc) is 2.72. The van der Waals surface area contributed by atoms with Gasteiger partial charge in [-0.3, -0.25) is 9.59 Å². The number of nitrogens with one attached hydrogen (secondary N) is 1. The molecule has 4 nitrogen and oxygen atoms in total. The lowest BCUT2D eigenvalue weighted by Gasteiger charge is -2.29. The molecule has 0 aromatic heterocycles. The first kappa shape index (κ1) is 24.8. The van der Waals surface area contributed by atoms with Crippen LogP contribution in [0.5, 0.6) is 0 Å². The lowest BCUT2D eigenvalue weighted by Crippen LogP contribution is -2.49. The van der Waals surface area contributed by atoms with Gasteiger partial charge in [0.1, 0.15) is 6.04 Å². The van der Waals surface area contributed by atoms with Crippen LogP contribution in [0.25, 0.3) is 0 Å². The fraction of sp³-hybridized carbons (Fsp3) is 0.391. The third kappa shape index (κ3) is 7.97. The van der Waals surface area contributed by atoms with Crippen LogP contribution in [-0.4, -0.2) is 34.6 Å². The van der Waals surface area contributed by atoms with E-state index in [-0.39, 0.29) is 17.9 Å². The number of thioether (sulfide) groups is 1. The maximum absolute atomic E-state index is 13.1. The van der Waals surface area contributed by atoms with Gasteiger partial charge in [-0.25, -0.2) is 0 Å². The summed E-state index contributed by atoms with van der Waals surface area (Å²) in [6.07, 6.45) is 1.19. The Morgan fingerprint density at radius 3 is 2.50 bits per heavy atom. The van der Waals surface area contributed by atoms with Crippen LogP contribution in [0.1, 0.15) is 39.2 Å². The van der Waals surface area contributed by atoms with E-state index < -0.39 is 6.04 Å². The number of carbonyl (C=O) groups excluding carboxylic acids is 2. The highest BCUT2D eigenvalue weighted by molar-refractivity contribution is 9.10. The molecule has 7 heteroatoms. The first-order valence-corrected chi connectivity index (χ1v) is 12.2. The lowest BCUT2D eigenvalue weighted by atomic mass is 10.1. The Kier molecular flexibility index (Phi) is 10.2. The molecule has 0 saturated carbocycles. The molecule has 2 amide bonds. The Hall–Kier alpha value is -1.50. The topological polar surface area (TPSA) is 49.4 Å². The Morgan fingerprint density at radius 2 is 1.87 bits per heavy atom. The number of benzene rings is 2. The van der Waals surface area contributed by atoms with Gasteiger partial charge in [-0.2, -0.15) is 0 Å². The molecule has 30 heavy (non-hydrogen) atoms. The minimum Gasteiger partial charge on any atom is -0.352 e. The normalized spacial score (nSPS) is 12.8. The zero-order chi connectivity index (χ0) is 22.1. The van der Waals surface area contributed by atoms with Crippen LogP contribution < -0.4 is 5.32 Å². The average molecular weight is 512 g/mol. The third-order valence-corrected chi connectivity index (χ3v) is 6.57. The second-order valence-electron chi connectivity index (χ2n) is 7.20. The smallest absolute Gasteiger partial charge is 0.242 e. The van der Waals surface area contributed by atoms with E-state index in [1.807, 2.05) is 62.4 Å². The van der Waals surface area contributed by atoms with Crippen molar-refractivity contribution in [3.63, 3.8) is 0 Å². The predicted octanol–water partition coefficient (Wildman–Crippen LogP) is 5.92. The molecule has 0 radical (unpaired) electrons. The summed E-state index contributed by atoms with van der Waals surface area (Å²) < 4.78 is 0.947. The Bertz CT molecular complexity index is 847. The molecule has 0 fully saturated rings. The molecule has 0 spiro atoms. The highest BCUT2D eigenvalue weighted by Crippen LogP contribution is 2.22. The van der Waals surface area contributed by atoms with Crippen molar-refractivity contribution in [2.45, 2.75) is 57.1 Å². The van der Waals surface area contributed by atoms with Crippen molar-refractivity contribution in [1.82, 2.24) is 10.2 Å². The van der Waals surface area contributed by atoms with Crippen LogP contribution in [-0.2, 0) is 16.1 Å². The number of halogens is 2. The van der Waals surface area contributed by atoms with Crippen molar-refractivity contribution >= 4 is 51.1 Å². The second kappa shape index (κ2) is 12.4. The lowest BCUT2D eigenvalue weighted by molar-refractivity contribution is -0.140. The standard InChI is InChI=1S/C23H28BrClN2O2S/c1-4-16(2)26-23(29)17(3)27(15-18-6-5-7-19(24)14-18)22(28)12-13-30-21-10-8-20(25)9-11-21/h5-11,14,16-17H,4,12-13,15H2,1-3H3,(H,26,29). The first-order chi connectivity index (χ1) is 14.3. The Labute approximate surface area is 196 Å². The number of amides is 2. The van der Waals surface area contributed by atoms with Gasteiger partial charge in [-0.1, -0.05) is 46.6 Å². The monoisotopic (exact) mass is 510 g/mol. The molecule has 2 aromatic carbocycles. The molecular weight excluding hydrogens is 484 g/mol. The minimum atomic E-state index is -0.550. The van der Waals surface area contributed by atoms with Crippen LogP contribution in [0, 0.1) is 0 Å². The van der Waals surface area contributed by atoms with Crippen molar-refractivity contribution in [2.24, 2.45) is 0 Å². The van der Waals surface area contributed by atoms with Crippen LogP contribution >= 0.6 is 39.3 Å². The van der Waals surface area contributed by atoms with E-state index in [1.165, 1.54) is 0 Å². The minimum absolute atomic E-state index is 0.0387. The highest BCUT2D eigenvalue weighted by atomic mass is 79.9. The van der Waals surface area contributed by atoms with Gasteiger partial charge in [0.05, 0.1) is 0 Å². The SMILES string of the molecule is CCC(C)NC(=O)C(C)N(Cc1cccc(Br)c1)C(=O)CCSc1ccc(Cl)cc1. The van der Waals surface area contributed by atoms with Gasteiger partial charge in [0.15, 0.2) is 0 Å².